The molecule has 2 N–H and O–H groups in total. The number of benzene rings is 1. The molecule has 7 heteroatoms. The quantitative estimate of drug-likeness (QED) is 0.734. The van der Waals surface area contributed by atoms with Crippen molar-refractivity contribution in [3.05, 3.63) is 60.4 Å². The number of pyridine rings is 1. The Hall–Kier alpha value is -1.66. The lowest BCUT2D eigenvalue weighted by Crippen LogP contribution is -2.39. The van der Waals surface area contributed by atoms with E-state index in [2.05, 4.69) is 26.6 Å². The van der Waals surface area contributed by atoms with E-state index >= 15 is 0 Å². The Balaban J connectivity index is 0.00000182. The molecule has 0 bridgehead atoms. The molecule has 1 saturated heterocycles. The van der Waals surface area contributed by atoms with E-state index < -0.39 is 0 Å². The third-order valence-corrected chi connectivity index (χ3v) is 4.53. The summed E-state index contributed by atoms with van der Waals surface area (Å²) in [6.45, 7) is 4.23. The van der Waals surface area contributed by atoms with E-state index in [0.717, 1.165) is 37.4 Å². The highest BCUT2D eigenvalue weighted by molar-refractivity contribution is 5.92. The molecule has 0 aliphatic carbocycles. The van der Waals surface area contributed by atoms with Gasteiger partial charge in [-0.25, -0.2) is 0 Å². The van der Waals surface area contributed by atoms with Gasteiger partial charge in [0.1, 0.15) is 0 Å². The number of rotatable bonds is 7. The predicted octanol–water partition coefficient (Wildman–Crippen LogP) is 3.37. The van der Waals surface area contributed by atoms with E-state index in [4.69, 9.17) is 0 Å². The summed E-state index contributed by atoms with van der Waals surface area (Å²) in [5.41, 5.74) is 1.99. The van der Waals surface area contributed by atoms with Crippen molar-refractivity contribution in [2.75, 3.05) is 31.5 Å². The summed E-state index contributed by atoms with van der Waals surface area (Å²) in [4.78, 5) is 18.9. The number of hydrogen-bond acceptors (Lipinski definition) is 4. The van der Waals surface area contributed by atoms with Crippen LogP contribution in [0.1, 0.15) is 18.4 Å². The molecule has 1 aliphatic rings. The van der Waals surface area contributed by atoms with Crippen LogP contribution < -0.4 is 10.6 Å². The van der Waals surface area contributed by atoms with Crippen LogP contribution >= 0.6 is 24.8 Å². The van der Waals surface area contributed by atoms with Crippen LogP contribution in [0.4, 0.5) is 5.69 Å². The van der Waals surface area contributed by atoms with Gasteiger partial charge in [-0.15, -0.1) is 24.8 Å². The summed E-state index contributed by atoms with van der Waals surface area (Å²) in [5, 5.41) is 6.39. The number of carbonyl (C=O) groups is 1. The van der Waals surface area contributed by atoms with Crippen LogP contribution in [0.5, 0.6) is 0 Å². The number of para-hydroxylation sites is 1. The highest BCUT2D eigenvalue weighted by Crippen LogP contribution is 2.15. The first kappa shape index (κ1) is 23.4. The first-order valence-corrected chi connectivity index (χ1v) is 8.96. The fraction of sp³-hybridized carbons (Fsp3) is 0.400. The third-order valence-electron chi connectivity index (χ3n) is 4.53. The minimum absolute atomic E-state index is 0. The summed E-state index contributed by atoms with van der Waals surface area (Å²) in [6, 6.07) is 13.6. The summed E-state index contributed by atoms with van der Waals surface area (Å²) in [5.74, 6) is 0.673. The molecule has 0 radical (unpaired) electrons. The van der Waals surface area contributed by atoms with E-state index in [1.807, 2.05) is 42.6 Å². The van der Waals surface area contributed by atoms with Gasteiger partial charge >= 0.3 is 0 Å². The SMILES string of the molecule is Cl.Cl.O=C(CN(Cc1cccnc1)CC1CCNCC1)Nc1ccccc1. The van der Waals surface area contributed by atoms with Crippen molar-refractivity contribution in [1.29, 1.82) is 0 Å². The van der Waals surface area contributed by atoms with Crippen molar-refractivity contribution in [2.45, 2.75) is 19.4 Å². The van der Waals surface area contributed by atoms with Crippen molar-refractivity contribution < 1.29 is 4.79 Å². The minimum atomic E-state index is 0. The molecular weight excluding hydrogens is 383 g/mol. The van der Waals surface area contributed by atoms with Gasteiger partial charge < -0.3 is 10.6 Å². The van der Waals surface area contributed by atoms with Gasteiger partial charge in [-0.1, -0.05) is 24.3 Å². The Kier molecular flexibility index (Phi) is 11.0. The van der Waals surface area contributed by atoms with E-state index in [-0.39, 0.29) is 30.7 Å². The number of halogens is 2. The van der Waals surface area contributed by atoms with Crippen LogP contribution in [0.2, 0.25) is 0 Å². The molecule has 27 heavy (non-hydrogen) atoms. The van der Waals surface area contributed by atoms with Crippen molar-refractivity contribution in [3.8, 4) is 0 Å². The maximum atomic E-state index is 12.5. The molecule has 1 fully saturated rings. The van der Waals surface area contributed by atoms with Crippen LogP contribution in [0.15, 0.2) is 54.9 Å². The molecule has 2 heterocycles. The molecule has 0 unspecified atom stereocenters. The predicted molar refractivity (Wildman–Crippen MR) is 115 cm³/mol. The minimum Gasteiger partial charge on any atom is -0.325 e. The second kappa shape index (κ2) is 12.7. The maximum absolute atomic E-state index is 12.5. The molecule has 148 valence electrons. The normalized spacial score (nSPS) is 14.1. The van der Waals surface area contributed by atoms with Gasteiger partial charge in [0.05, 0.1) is 6.54 Å². The van der Waals surface area contributed by atoms with Crippen molar-refractivity contribution in [2.24, 2.45) is 5.92 Å². The second-order valence-corrected chi connectivity index (χ2v) is 6.64. The van der Waals surface area contributed by atoms with E-state index in [0.29, 0.717) is 12.5 Å². The monoisotopic (exact) mass is 410 g/mol. The molecule has 3 rings (SSSR count). The van der Waals surface area contributed by atoms with Crippen LogP contribution in [0, 0.1) is 5.92 Å². The van der Waals surface area contributed by atoms with Gasteiger partial charge in [0, 0.05) is 31.2 Å². The van der Waals surface area contributed by atoms with Crippen molar-refractivity contribution in [3.63, 3.8) is 0 Å². The maximum Gasteiger partial charge on any atom is 0.238 e. The average molecular weight is 411 g/mol. The Labute approximate surface area is 173 Å². The lowest BCUT2D eigenvalue weighted by Gasteiger charge is -2.29. The molecule has 0 atom stereocenters. The van der Waals surface area contributed by atoms with Gasteiger partial charge in [-0.05, 0) is 55.6 Å². The second-order valence-electron chi connectivity index (χ2n) is 6.64. The lowest BCUT2D eigenvalue weighted by atomic mass is 9.97. The largest absolute Gasteiger partial charge is 0.325 e. The fourth-order valence-corrected chi connectivity index (χ4v) is 3.29. The van der Waals surface area contributed by atoms with Crippen LogP contribution in [-0.2, 0) is 11.3 Å². The first-order chi connectivity index (χ1) is 12.3. The summed E-state index contributed by atoms with van der Waals surface area (Å²) in [6.07, 6.45) is 6.00. The first-order valence-electron chi connectivity index (χ1n) is 8.96. The number of piperidine rings is 1. The average Bonchev–Trinajstić information content (AvgIpc) is 2.64. The standard InChI is InChI=1S/C20H26N4O.2ClH/c25-20(23-19-6-2-1-3-7-19)16-24(14-17-8-11-21-12-9-17)15-18-5-4-10-22-13-18;;/h1-7,10,13,17,21H,8-9,11-12,14-16H2,(H,23,25);2*1H. The summed E-state index contributed by atoms with van der Waals surface area (Å²) < 4.78 is 0. The van der Waals surface area contributed by atoms with Gasteiger partial charge in [0.25, 0.3) is 0 Å². The van der Waals surface area contributed by atoms with Gasteiger partial charge in [0.2, 0.25) is 5.91 Å². The summed E-state index contributed by atoms with van der Waals surface area (Å²) >= 11 is 0. The molecule has 0 saturated carbocycles. The smallest absolute Gasteiger partial charge is 0.238 e. The van der Waals surface area contributed by atoms with Crippen LogP contribution in [0.3, 0.4) is 0 Å². The van der Waals surface area contributed by atoms with Crippen molar-refractivity contribution in [1.82, 2.24) is 15.2 Å². The van der Waals surface area contributed by atoms with E-state index in [1.54, 1.807) is 6.20 Å². The Morgan fingerprint density at radius 2 is 1.85 bits per heavy atom. The molecule has 0 spiro atoms. The lowest BCUT2D eigenvalue weighted by molar-refractivity contribution is -0.117. The molecular formula is C20H28Cl2N4O. The number of hydrogen-bond donors (Lipinski definition) is 2. The molecule has 5 nitrogen and oxygen atoms in total. The number of anilines is 1. The van der Waals surface area contributed by atoms with Gasteiger partial charge in [0.15, 0.2) is 0 Å². The molecule has 1 aliphatic heterocycles. The summed E-state index contributed by atoms with van der Waals surface area (Å²) in [7, 11) is 0. The zero-order valence-corrected chi connectivity index (χ0v) is 17.0. The van der Waals surface area contributed by atoms with E-state index in [1.165, 1.54) is 12.8 Å². The Morgan fingerprint density at radius 3 is 2.52 bits per heavy atom. The van der Waals surface area contributed by atoms with E-state index in [9.17, 15) is 4.79 Å². The van der Waals surface area contributed by atoms with Crippen molar-refractivity contribution >= 4 is 36.4 Å². The molecule has 1 aromatic carbocycles. The zero-order chi connectivity index (χ0) is 17.3. The fourth-order valence-electron chi connectivity index (χ4n) is 3.29. The Morgan fingerprint density at radius 1 is 1.11 bits per heavy atom. The number of carbonyl (C=O) groups excluding carboxylic acids is 1. The number of aromatic nitrogens is 1. The van der Waals surface area contributed by atoms with Crippen LogP contribution in [-0.4, -0.2) is 42.0 Å². The Bertz CT molecular complexity index is 652. The number of nitrogens with zero attached hydrogens (tertiary/aromatic N) is 2. The molecule has 1 amide bonds. The van der Waals surface area contributed by atoms with Crippen LogP contribution in [0.25, 0.3) is 0 Å². The number of nitrogens with one attached hydrogen (secondary N) is 2. The topological polar surface area (TPSA) is 57.3 Å². The third kappa shape index (κ3) is 8.26. The molecule has 1 aromatic heterocycles. The highest BCUT2D eigenvalue weighted by atomic mass is 35.5. The highest BCUT2D eigenvalue weighted by Gasteiger charge is 2.19. The van der Waals surface area contributed by atoms with Gasteiger partial charge in [-0.3, -0.25) is 14.7 Å². The van der Waals surface area contributed by atoms with Gasteiger partial charge in [-0.2, -0.15) is 0 Å². The number of amides is 1. The molecule has 2 aromatic rings. The zero-order valence-electron chi connectivity index (χ0n) is 15.3.